The Morgan fingerprint density at radius 2 is 1.63 bits per heavy atom. The molecule has 0 amide bonds. The van der Waals surface area contributed by atoms with Gasteiger partial charge in [0, 0.05) is 50.8 Å². The number of nitrogens with zero attached hydrogens (tertiary/aromatic N) is 4. The van der Waals surface area contributed by atoms with E-state index in [0.29, 0.717) is 0 Å². The average Bonchev–Trinajstić information content (AvgIpc) is 2.91. The fourth-order valence-electron chi connectivity index (χ4n) is 5.72. The Morgan fingerprint density at radius 1 is 0.800 bits per heavy atom. The average molecular weight is 470 g/mol. The monoisotopic (exact) mass is 470 g/mol. The van der Waals surface area contributed by atoms with Crippen molar-refractivity contribution in [3.63, 3.8) is 0 Å². The summed E-state index contributed by atoms with van der Waals surface area (Å²) in [7, 11) is 0. The van der Waals surface area contributed by atoms with E-state index in [1.807, 2.05) is 48.2 Å². The summed E-state index contributed by atoms with van der Waals surface area (Å²) in [6.45, 7) is -2.05. The first kappa shape index (κ1) is 19.1. The molecule has 3 aromatic carbocycles. The molecule has 0 aliphatic carbocycles. The Hall–Kier alpha value is -4.23. The van der Waals surface area contributed by atoms with Gasteiger partial charge in [-0.3, -0.25) is 0 Å². The van der Waals surface area contributed by atoms with Crippen LogP contribution in [0.5, 0.6) is 5.75 Å². The first-order valence-electron chi connectivity index (χ1n) is 11.7. The lowest BCUT2D eigenvalue weighted by atomic mass is 9.66. The molecule has 0 saturated carbocycles. The van der Waals surface area contributed by atoms with E-state index >= 15 is 0 Å². The van der Waals surface area contributed by atoms with Gasteiger partial charge in [0.05, 0.1) is 5.75 Å². The molecule has 4 aliphatic rings. The molecule has 0 radical (unpaired) electrons. The lowest BCUT2D eigenvalue weighted by Crippen LogP contribution is -2.88. The predicted molar refractivity (Wildman–Crippen MR) is 140 cm³/mol. The minimum Gasteiger partial charge on any atom is -0.641 e. The summed E-state index contributed by atoms with van der Waals surface area (Å²) in [5.74, 6) is 2.54. The first-order valence-corrected chi connectivity index (χ1v) is 12.5. The van der Waals surface area contributed by atoms with Crippen LogP contribution in [0, 0.1) is 0 Å². The summed E-state index contributed by atoms with van der Waals surface area (Å²) in [6.07, 6.45) is 8.43. The van der Waals surface area contributed by atoms with Gasteiger partial charge in [-0.2, -0.15) is 0 Å². The number of amidine groups is 1. The second-order valence-corrected chi connectivity index (χ2v) is 9.99. The zero-order valence-electron chi connectivity index (χ0n) is 18.7. The molecule has 1 unspecified atom stereocenters. The number of aliphatic imine (C=N–C) groups is 1. The van der Waals surface area contributed by atoms with Crippen molar-refractivity contribution in [3.8, 4) is 5.75 Å². The van der Waals surface area contributed by atoms with E-state index in [0.717, 1.165) is 28.8 Å². The number of aromatic nitrogens is 1. The minimum atomic E-state index is -2.05. The molecule has 8 rings (SSSR count). The number of hydrogen-bond donors (Lipinski definition) is 0. The SMILES string of the molecule is C1=CC2=Nc3cccc[n+]3[B-]3(Oc4ccccc4)N2C(=C1)c1cccc2c1N3c1ccccc1S2. The van der Waals surface area contributed by atoms with E-state index in [-0.39, 0.29) is 0 Å². The van der Waals surface area contributed by atoms with Gasteiger partial charge in [-0.05, 0) is 47.5 Å². The maximum Gasteiger partial charge on any atom is 0.595 e. The zero-order valence-corrected chi connectivity index (χ0v) is 19.5. The quantitative estimate of drug-likeness (QED) is 0.341. The number of allylic oxidation sites excluding steroid dienone is 2. The van der Waals surface area contributed by atoms with Crippen LogP contribution in [0.1, 0.15) is 5.56 Å². The second-order valence-electron chi connectivity index (χ2n) is 8.90. The maximum atomic E-state index is 7.23. The molecule has 0 N–H and O–H groups in total. The van der Waals surface area contributed by atoms with Gasteiger partial charge in [0.1, 0.15) is 0 Å². The summed E-state index contributed by atoms with van der Waals surface area (Å²) in [5.41, 5.74) is 4.58. The molecule has 0 bridgehead atoms. The van der Waals surface area contributed by atoms with E-state index in [1.54, 1.807) is 0 Å². The highest BCUT2D eigenvalue weighted by atomic mass is 32.2. The number of pyridine rings is 1. The van der Waals surface area contributed by atoms with Gasteiger partial charge in [-0.15, -0.1) is 0 Å². The Labute approximate surface area is 207 Å². The number of para-hydroxylation sites is 3. The molecule has 4 aromatic rings. The van der Waals surface area contributed by atoms with Crippen molar-refractivity contribution in [1.82, 2.24) is 4.81 Å². The van der Waals surface area contributed by atoms with Gasteiger partial charge in [0.15, 0.2) is 0 Å². The third-order valence-electron chi connectivity index (χ3n) is 7.04. The lowest BCUT2D eigenvalue weighted by Gasteiger charge is -2.60. The highest BCUT2D eigenvalue weighted by Gasteiger charge is 2.61. The summed E-state index contributed by atoms with van der Waals surface area (Å²) >= 11 is 1.82. The molecule has 4 aliphatic heterocycles. The Balaban J connectivity index is 1.55. The van der Waals surface area contributed by atoms with Crippen molar-refractivity contribution < 1.29 is 9.13 Å². The lowest BCUT2D eigenvalue weighted by molar-refractivity contribution is -0.553. The van der Waals surface area contributed by atoms with Crippen molar-refractivity contribution in [2.24, 2.45) is 4.99 Å². The molecular formula is C28H19BN4OS. The van der Waals surface area contributed by atoms with E-state index in [4.69, 9.17) is 9.65 Å². The standard InChI is InChI=1S/C28H19BN4OS/c1-2-10-20(11-3-1)34-29-31-19-7-6-17-26(31)30-27-18-9-14-22(32(27)29)21-12-8-16-25-28(21)33(29)23-13-4-5-15-24(23)35-25/h1-19H. The third-order valence-corrected chi connectivity index (χ3v) is 8.15. The van der Waals surface area contributed by atoms with E-state index < -0.39 is 6.75 Å². The molecular weight excluding hydrogens is 451 g/mol. The minimum absolute atomic E-state index is 0.807. The van der Waals surface area contributed by atoms with Gasteiger partial charge >= 0.3 is 6.75 Å². The van der Waals surface area contributed by atoms with E-state index in [2.05, 4.69) is 93.1 Å². The molecule has 166 valence electrons. The van der Waals surface area contributed by atoms with Crippen LogP contribution in [0.4, 0.5) is 17.2 Å². The Morgan fingerprint density at radius 3 is 2.57 bits per heavy atom. The Kier molecular flexibility index (Phi) is 3.77. The van der Waals surface area contributed by atoms with Gasteiger partial charge in [-0.25, -0.2) is 0 Å². The fourth-order valence-corrected chi connectivity index (χ4v) is 6.82. The van der Waals surface area contributed by atoms with Crippen LogP contribution < -0.4 is 13.9 Å². The second kappa shape index (κ2) is 6.90. The van der Waals surface area contributed by atoms with Crippen LogP contribution in [-0.2, 0) is 0 Å². The van der Waals surface area contributed by atoms with Gasteiger partial charge < -0.3 is 18.8 Å². The van der Waals surface area contributed by atoms with Crippen molar-refractivity contribution in [2.75, 3.05) is 4.81 Å². The van der Waals surface area contributed by atoms with E-state index in [1.165, 1.54) is 21.0 Å². The van der Waals surface area contributed by atoms with Crippen molar-refractivity contribution in [1.29, 1.82) is 0 Å². The number of hydrogen-bond acceptors (Lipinski definition) is 5. The number of fused-ring (bicyclic) bond motifs is 6. The molecule has 0 fully saturated rings. The molecule has 1 atom stereocenters. The fraction of sp³-hybridized carbons (Fsp3) is 0. The van der Waals surface area contributed by atoms with Gasteiger partial charge in [0.25, 0.3) is 5.82 Å². The van der Waals surface area contributed by atoms with Crippen LogP contribution in [-0.4, -0.2) is 17.4 Å². The highest BCUT2D eigenvalue weighted by Crippen LogP contribution is 2.56. The normalized spacial score (nSPS) is 20.1. The van der Waals surface area contributed by atoms with Crippen LogP contribution in [0.25, 0.3) is 5.70 Å². The van der Waals surface area contributed by atoms with Crippen molar-refractivity contribution in [3.05, 3.63) is 121 Å². The number of anilines is 2. The Bertz CT molecular complexity index is 1630. The van der Waals surface area contributed by atoms with Crippen LogP contribution >= 0.6 is 11.8 Å². The molecule has 5 heterocycles. The molecule has 35 heavy (non-hydrogen) atoms. The van der Waals surface area contributed by atoms with Crippen molar-refractivity contribution >= 4 is 47.2 Å². The molecule has 0 spiro atoms. The summed E-state index contributed by atoms with van der Waals surface area (Å²) in [4.78, 5) is 12.2. The summed E-state index contributed by atoms with van der Waals surface area (Å²) < 4.78 is 9.43. The summed E-state index contributed by atoms with van der Waals surface area (Å²) in [6, 6.07) is 31.4. The predicted octanol–water partition coefficient (Wildman–Crippen LogP) is 5.91. The van der Waals surface area contributed by atoms with Gasteiger partial charge in [-0.1, -0.05) is 66.4 Å². The number of rotatable bonds is 2. The molecule has 1 aromatic heterocycles. The van der Waals surface area contributed by atoms with E-state index in [9.17, 15) is 0 Å². The van der Waals surface area contributed by atoms with Crippen LogP contribution in [0.3, 0.4) is 0 Å². The van der Waals surface area contributed by atoms with Crippen molar-refractivity contribution in [2.45, 2.75) is 9.79 Å². The van der Waals surface area contributed by atoms with Gasteiger partial charge in [0.2, 0.25) is 5.84 Å². The third kappa shape index (κ3) is 2.45. The zero-order chi connectivity index (χ0) is 23.0. The number of benzene rings is 3. The smallest absolute Gasteiger partial charge is 0.595 e. The summed E-state index contributed by atoms with van der Waals surface area (Å²) in [5, 5.41) is 0. The van der Waals surface area contributed by atoms with Crippen LogP contribution in [0.15, 0.2) is 130 Å². The largest absolute Gasteiger partial charge is 0.641 e. The molecule has 0 saturated heterocycles. The maximum absolute atomic E-state index is 7.23. The highest BCUT2D eigenvalue weighted by molar-refractivity contribution is 7.99. The molecule has 5 nitrogen and oxygen atoms in total. The van der Waals surface area contributed by atoms with Crippen LogP contribution in [0.2, 0.25) is 0 Å². The molecule has 7 heteroatoms. The topological polar surface area (TPSA) is 32.0 Å². The first-order chi connectivity index (χ1) is 17.3.